The third-order valence-electron chi connectivity index (χ3n) is 5.62. The van der Waals surface area contributed by atoms with E-state index < -0.39 is 0 Å². The Hall–Kier alpha value is -3.46. The number of pyridine rings is 1. The highest BCUT2D eigenvalue weighted by molar-refractivity contribution is 6.30. The number of piperazine rings is 1. The van der Waals surface area contributed by atoms with Gasteiger partial charge in [0, 0.05) is 50.2 Å². The number of nitrogens with zero attached hydrogens (tertiary/aromatic N) is 7. The Morgan fingerprint density at radius 3 is 2.84 bits per heavy atom. The van der Waals surface area contributed by atoms with Crippen molar-refractivity contribution in [3.8, 4) is 11.5 Å². The van der Waals surface area contributed by atoms with Crippen molar-refractivity contribution in [1.29, 1.82) is 0 Å². The molecule has 4 aromatic heterocycles. The van der Waals surface area contributed by atoms with Gasteiger partial charge in [0.05, 0.1) is 23.5 Å². The molecule has 1 saturated heterocycles. The predicted octanol–water partition coefficient (Wildman–Crippen LogP) is 2.97. The Bertz CT molecular complexity index is 1240. The van der Waals surface area contributed by atoms with Gasteiger partial charge in [-0.2, -0.15) is 5.10 Å². The fourth-order valence-electron chi connectivity index (χ4n) is 4.28. The van der Waals surface area contributed by atoms with Crippen LogP contribution in [-0.2, 0) is 4.79 Å². The molecule has 4 aromatic rings. The lowest BCUT2D eigenvalue weighted by atomic mass is 10.0. The number of rotatable bonds is 3. The van der Waals surface area contributed by atoms with Crippen LogP contribution in [0.2, 0.25) is 5.02 Å². The summed E-state index contributed by atoms with van der Waals surface area (Å²) in [5, 5.41) is 7.53. The molecule has 9 nitrogen and oxygen atoms in total. The fourth-order valence-corrected chi connectivity index (χ4v) is 4.44. The SMILES string of the molecule is CC(=O)N1C(C)CN(c2ccnc(-c3cnc4ccc(Cl)cn34)n2)CC1c1cn[nH]c1. The van der Waals surface area contributed by atoms with E-state index in [4.69, 9.17) is 16.6 Å². The van der Waals surface area contributed by atoms with E-state index in [1.165, 1.54) is 0 Å². The Morgan fingerprint density at radius 1 is 1.19 bits per heavy atom. The zero-order valence-corrected chi connectivity index (χ0v) is 17.9. The zero-order valence-electron chi connectivity index (χ0n) is 17.1. The van der Waals surface area contributed by atoms with Crippen LogP contribution in [0.25, 0.3) is 17.2 Å². The van der Waals surface area contributed by atoms with Crippen molar-refractivity contribution in [2.75, 3.05) is 18.0 Å². The first-order valence-corrected chi connectivity index (χ1v) is 10.4. The maximum Gasteiger partial charge on any atom is 0.220 e. The van der Waals surface area contributed by atoms with E-state index in [-0.39, 0.29) is 18.0 Å². The summed E-state index contributed by atoms with van der Waals surface area (Å²) in [6.45, 7) is 4.94. The molecule has 0 spiro atoms. The van der Waals surface area contributed by atoms with E-state index in [0.717, 1.165) is 22.7 Å². The molecular weight excluding hydrogens is 416 g/mol. The van der Waals surface area contributed by atoms with Gasteiger partial charge in [-0.15, -0.1) is 0 Å². The number of fused-ring (bicyclic) bond motifs is 1. The van der Waals surface area contributed by atoms with Crippen LogP contribution >= 0.6 is 11.6 Å². The monoisotopic (exact) mass is 436 g/mol. The van der Waals surface area contributed by atoms with E-state index >= 15 is 0 Å². The molecule has 0 saturated carbocycles. The number of carbonyl (C=O) groups excluding carboxylic acids is 1. The maximum atomic E-state index is 12.4. The van der Waals surface area contributed by atoms with Gasteiger partial charge in [0.15, 0.2) is 5.82 Å². The Labute approximate surface area is 183 Å². The van der Waals surface area contributed by atoms with Gasteiger partial charge < -0.3 is 9.80 Å². The lowest BCUT2D eigenvalue weighted by Gasteiger charge is -2.45. The summed E-state index contributed by atoms with van der Waals surface area (Å²) in [5.41, 5.74) is 2.51. The smallest absolute Gasteiger partial charge is 0.220 e. The molecular formula is C21H21ClN8O. The maximum absolute atomic E-state index is 12.4. The van der Waals surface area contributed by atoms with E-state index in [9.17, 15) is 4.79 Å². The van der Waals surface area contributed by atoms with Crippen LogP contribution < -0.4 is 4.90 Å². The fraction of sp³-hybridized carbons (Fsp3) is 0.286. The van der Waals surface area contributed by atoms with Crippen LogP contribution in [0.1, 0.15) is 25.5 Å². The highest BCUT2D eigenvalue weighted by Gasteiger charge is 2.35. The minimum atomic E-state index is -0.118. The second-order valence-electron chi connectivity index (χ2n) is 7.69. The molecule has 31 heavy (non-hydrogen) atoms. The summed E-state index contributed by atoms with van der Waals surface area (Å²) >= 11 is 6.17. The van der Waals surface area contributed by atoms with Crippen molar-refractivity contribution in [3.05, 3.63) is 59.8 Å². The van der Waals surface area contributed by atoms with Crippen molar-refractivity contribution in [1.82, 2.24) is 34.4 Å². The summed E-state index contributed by atoms with van der Waals surface area (Å²) < 4.78 is 1.88. The summed E-state index contributed by atoms with van der Waals surface area (Å²) in [6.07, 6.45) is 8.90. The Balaban J connectivity index is 1.50. The summed E-state index contributed by atoms with van der Waals surface area (Å²) in [6, 6.07) is 5.44. The second-order valence-corrected chi connectivity index (χ2v) is 8.12. The summed E-state index contributed by atoms with van der Waals surface area (Å²) in [7, 11) is 0. The molecule has 0 bridgehead atoms. The van der Waals surface area contributed by atoms with Crippen molar-refractivity contribution >= 4 is 29.0 Å². The average molecular weight is 437 g/mol. The largest absolute Gasteiger partial charge is 0.352 e. The molecule has 0 radical (unpaired) electrons. The Kier molecular flexibility index (Phi) is 4.82. The van der Waals surface area contributed by atoms with Crippen molar-refractivity contribution in [2.45, 2.75) is 25.9 Å². The average Bonchev–Trinajstić information content (AvgIpc) is 3.43. The molecule has 1 amide bonds. The second kappa shape index (κ2) is 7.66. The first-order chi connectivity index (χ1) is 15.0. The highest BCUT2D eigenvalue weighted by Crippen LogP contribution is 2.31. The van der Waals surface area contributed by atoms with Gasteiger partial charge in [-0.1, -0.05) is 11.6 Å². The Morgan fingerprint density at radius 2 is 2.06 bits per heavy atom. The van der Waals surface area contributed by atoms with Crippen molar-refractivity contribution in [3.63, 3.8) is 0 Å². The first kappa shape index (κ1) is 19.5. The van der Waals surface area contributed by atoms with E-state index in [2.05, 4.69) is 32.0 Å². The predicted molar refractivity (Wildman–Crippen MR) is 117 cm³/mol. The van der Waals surface area contributed by atoms with Gasteiger partial charge in [0.1, 0.15) is 17.2 Å². The van der Waals surface area contributed by atoms with Gasteiger partial charge in [0.25, 0.3) is 0 Å². The number of nitrogens with one attached hydrogen (secondary N) is 1. The van der Waals surface area contributed by atoms with Gasteiger partial charge in [-0.25, -0.2) is 15.0 Å². The standard InChI is InChI=1S/C21H21ClN8O/c1-13-10-28(12-18(30(13)14(2)31)15-7-25-26-8-15)20-5-6-23-21(27-20)17-9-24-19-4-3-16(22)11-29(17)19/h3-9,11,13,18H,10,12H2,1-2H3,(H,25,26). The molecule has 1 N–H and O–H groups in total. The molecule has 0 aliphatic carbocycles. The van der Waals surface area contributed by atoms with Crippen LogP contribution in [0.4, 0.5) is 5.82 Å². The molecule has 1 aliphatic heterocycles. The molecule has 1 aliphatic rings. The molecule has 158 valence electrons. The minimum absolute atomic E-state index is 0.0131. The lowest BCUT2D eigenvalue weighted by Crippen LogP contribution is -2.55. The number of amides is 1. The van der Waals surface area contributed by atoms with Crippen LogP contribution in [-0.4, -0.2) is 59.5 Å². The first-order valence-electron chi connectivity index (χ1n) is 10.00. The number of hydrogen-bond donors (Lipinski definition) is 1. The zero-order chi connectivity index (χ0) is 21.5. The molecule has 2 atom stereocenters. The van der Waals surface area contributed by atoms with Gasteiger partial charge in [-0.3, -0.25) is 14.3 Å². The van der Waals surface area contributed by atoms with Gasteiger partial charge >= 0.3 is 0 Å². The molecule has 5 heterocycles. The van der Waals surface area contributed by atoms with E-state index in [1.807, 2.05) is 27.6 Å². The van der Waals surface area contributed by atoms with Crippen molar-refractivity contribution < 1.29 is 4.79 Å². The third kappa shape index (κ3) is 3.50. The molecule has 2 unspecified atom stereocenters. The number of aromatic nitrogens is 6. The highest BCUT2D eigenvalue weighted by atomic mass is 35.5. The number of anilines is 1. The molecule has 5 rings (SSSR count). The third-order valence-corrected chi connectivity index (χ3v) is 5.84. The normalized spacial score (nSPS) is 19.2. The number of halogens is 1. The number of imidazole rings is 1. The van der Waals surface area contributed by atoms with Crippen molar-refractivity contribution in [2.24, 2.45) is 0 Å². The molecule has 0 aromatic carbocycles. The van der Waals surface area contributed by atoms with E-state index in [0.29, 0.717) is 23.9 Å². The van der Waals surface area contributed by atoms with E-state index in [1.54, 1.807) is 37.8 Å². The van der Waals surface area contributed by atoms with Gasteiger partial charge in [-0.05, 0) is 25.1 Å². The number of carbonyl (C=O) groups is 1. The number of H-pyrrole nitrogens is 1. The van der Waals surface area contributed by atoms with Crippen LogP contribution in [0.3, 0.4) is 0 Å². The number of aromatic amines is 1. The quantitative estimate of drug-likeness (QED) is 0.530. The van der Waals surface area contributed by atoms with Crippen LogP contribution in [0.15, 0.2) is 49.2 Å². The summed E-state index contributed by atoms with van der Waals surface area (Å²) in [4.78, 5) is 30.2. The molecule has 10 heteroatoms. The van der Waals surface area contributed by atoms with Crippen LogP contribution in [0.5, 0.6) is 0 Å². The lowest BCUT2D eigenvalue weighted by molar-refractivity contribution is -0.134. The molecule has 1 fully saturated rings. The van der Waals surface area contributed by atoms with Gasteiger partial charge in [0.2, 0.25) is 5.91 Å². The topological polar surface area (TPSA) is 95.3 Å². The minimum Gasteiger partial charge on any atom is -0.352 e. The summed E-state index contributed by atoms with van der Waals surface area (Å²) in [5.74, 6) is 1.41. The number of hydrogen-bond acceptors (Lipinski definition) is 6. The van der Waals surface area contributed by atoms with Crippen LogP contribution in [0, 0.1) is 0 Å².